The molecule has 1 saturated heterocycles. The van der Waals surface area contributed by atoms with E-state index in [1.807, 2.05) is 7.05 Å². The highest BCUT2D eigenvalue weighted by Gasteiger charge is 2.19. The van der Waals surface area contributed by atoms with Crippen molar-refractivity contribution in [3.63, 3.8) is 0 Å². The van der Waals surface area contributed by atoms with Crippen molar-refractivity contribution in [3.05, 3.63) is 23.7 Å². The number of urea groups is 1. The maximum Gasteiger partial charge on any atom is 0.323 e. The van der Waals surface area contributed by atoms with Crippen LogP contribution in [0.1, 0.15) is 5.69 Å². The van der Waals surface area contributed by atoms with Gasteiger partial charge in [-0.15, -0.1) is 17.9 Å². The Labute approximate surface area is 134 Å². The highest BCUT2D eigenvalue weighted by atomic mass is 32.1. The molecule has 0 atom stereocenters. The van der Waals surface area contributed by atoms with E-state index in [-0.39, 0.29) is 18.4 Å². The Morgan fingerprint density at radius 3 is 2.82 bits per heavy atom. The molecule has 3 amide bonds. The third-order valence-corrected chi connectivity index (χ3v) is 4.15. The largest absolute Gasteiger partial charge is 0.352 e. The molecule has 0 aromatic carbocycles. The van der Waals surface area contributed by atoms with E-state index < -0.39 is 0 Å². The van der Waals surface area contributed by atoms with Crippen LogP contribution in [0.25, 0.3) is 0 Å². The zero-order valence-electron chi connectivity index (χ0n) is 12.7. The zero-order valence-corrected chi connectivity index (χ0v) is 13.5. The molecule has 2 rings (SSSR count). The molecule has 0 radical (unpaired) electrons. The normalized spacial score (nSPS) is 15.4. The van der Waals surface area contributed by atoms with Gasteiger partial charge in [-0.3, -0.25) is 10.1 Å². The summed E-state index contributed by atoms with van der Waals surface area (Å²) in [6, 6.07) is -0.134. The summed E-state index contributed by atoms with van der Waals surface area (Å²) in [6.45, 7) is 7.16. The second-order valence-corrected chi connectivity index (χ2v) is 5.99. The zero-order chi connectivity index (χ0) is 15.9. The fourth-order valence-corrected chi connectivity index (χ4v) is 2.74. The van der Waals surface area contributed by atoms with E-state index in [4.69, 9.17) is 0 Å². The highest BCUT2D eigenvalue weighted by molar-refractivity contribution is 7.13. The predicted octanol–water partition coefficient (Wildman–Crippen LogP) is 0.767. The van der Waals surface area contributed by atoms with E-state index in [0.717, 1.165) is 13.1 Å². The molecule has 0 spiro atoms. The van der Waals surface area contributed by atoms with Crippen LogP contribution in [-0.2, 0) is 11.2 Å². The molecule has 0 aliphatic carbocycles. The van der Waals surface area contributed by atoms with E-state index in [1.165, 1.54) is 11.3 Å². The number of carbonyl (C=O) groups is 2. The lowest BCUT2D eigenvalue weighted by atomic mass is 10.3. The molecule has 2 N–H and O–H groups in total. The average molecular weight is 323 g/mol. The summed E-state index contributed by atoms with van der Waals surface area (Å²) in [5.74, 6) is -0.109. The third kappa shape index (κ3) is 4.81. The van der Waals surface area contributed by atoms with E-state index >= 15 is 0 Å². The molecule has 2 heterocycles. The Morgan fingerprint density at radius 2 is 2.14 bits per heavy atom. The number of likely N-dealkylation sites (N-methyl/N-ethyl adjacent to an activating group) is 1. The van der Waals surface area contributed by atoms with Gasteiger partial charge in [0.05, 0.1) is 12.1 Å². The lowest BCUT2D eigenvalue weighted by Crippen LogP contribution is -2.48. The lowest BCUT2D eigenvalue weighted by Gasteiger charge is -2.32. The summed E-state index contributed by atoms with van der Waals surface area (Å²) in [5.41, 5.74) is 0.653. The van der Waals surface area contributed by atoms with Gasteiger partial charge in [0.25, 0.3) is 0 Å². The molecule has 0 bridgehead atoms. The number of thiazole rings is 1. The van der Waals surface area contributed by atoms with E-state index in [0.29, 0.717) is 30.5 Å². The Kier molecular flexibility index (Phi) is 5.91. The van der Waals surface area contributed by atoms with Crippen molar-refractivity contribution in [3.8, 4) is 0 Å². The van der Waals surface area contributed by atoms with Crippen LogP contribution < -0.4 is 10.6 Å². The standard InChI is InChI=1S/C14H21N5O2S/c1-3-4-15-12(20)9-11-10-22-13(16-11)17-14(21)19-7-5-18(2)6-8-19/h3,10H,1,4-9H2,2H3,(H,15,20)(H,16,17,21). The number of carbonyl (C=O) groups excluding carboxylic acids is 2. The molecule has 22 heavy (non-hydrogen) atoms. The highest BCUT2D eigenvalue weighted by Crippen LogP contribution is 2.16. The van der Waals surface area contributed by atoms with Crippen molar-refractivity contribution in [1.82, 2.24) is 20.1 Å². The maximum absolute atomic E-state index is 12.1. The molecule has 0 unspecified atom stereocenters. The Bertz CT molecular complexity index is 537. The average Bonchev–Trinajstić information content (AvgIpc) is 2.92. The quantitative estimate of drug-likeness (QED) is 0.785. The van der Waals surface area contributed by atoms with Gasteiger partial charge in [-0.1, -0.05) is 6.08 Å². The minimum atomic E-state index is -0.134. The van der Waals surface area contributed by atoms with Gasteiger partial charge in [0, 0.05) is 38.1 Å². The minimum Gasteiger partial charge on any atom is -0.352 e. The number of rotatable bonds is 5. The molecule has 8 heteroatoms. The summed E-state index contributed by atoms with van der Waals surface area (Å²) < 4.78 is 0. The van der Waals surface area contributed by atoms with Gasteiger partial charge in [-0.25, -0.2) is 9.78 Å². The summed E-state index contributed by atoms with van der Waals surface area (Å²) in [6.07, 6.45) is 1.83. The molecule has 1 aliphatic heterocycles. The van der Waals surface area contributed by atoms with Crippen LogP contribution in [0.4, 0.5) is 9.93 Å². The van der Waals surface area contributed by atoms with Crippen molar-refractivity contribution in [2.45, 2.75) is 6.42 Å². The predicted molar refractivity (Wildman–Crippen MR) is 87.1 cm³/mol. The first-order chi connectivity index (χ1) is 10.6. The summed E-state index contributed by atoms with van der Waals surface area (Å²) in [4.78, 5) is 31.9. The topological polar surface area (TPSA) is 77.6 Å². The maximum atomic E-state index is 12.1. The van der Waals surface area contributed by atoms with Crippen molar-refractivity contribution in [1.29, 1.82) is 0 Å². The molecule has 1 aromatic heterocycles. The second kappa shape index (κ2) is 7.90. The Hall–Kier alpha value is -1.93. The number of nitrogens with zero attached hydrogens (tertiary/aromatic N) is 3. The van der Waals surface area contributed by atoms with Crippen LogP contribution in [0, 0.1) is 0 Å². The summed E-state index contributed by atoms with van der Waals surface area (Å²) >= 11 is 1.33. The van der Waals surface area contributed by atoms with Crippen LogP contribution in [-0.4, -0.2) is 66.5 Å². The number of hydrogen-bond acceptors (Lipinski definition) is 5. The van der Waals surface area contributed by atoms with E-state index in [2.05, 4.69) is 27.1 Å². The first-order valence-corrected chi connectivity index (χ1v) is 8.03. The van der Waals surface area contributed by atoms with Crippen molar-refractivity contribution in [2.24, 2.45) is 0 Å². The van der Waals surface area contributed by atoms with Crippen molar-refractivity contribution < 1.29 is 9.59 Å². The molecular formula is C14H21N5O2S. The number of amides is 3. The van der Waals surface area contributed by atoms with Gasteiger partial charge in [0.15, 0.2) is 5.13 Å². The van der Waals surface area contributed by atoms with Gasteiger partial charge in [0.2, 0.25) is 5.91 Å². The van der Waals surface area contributed by atoms with Crippen LogP contribution >= 0.6 is 11.3 Å². The first kappa shape index (κ1) is 16.4. The van der Waals surface area contributed by atoms with Crippen molar-refractivity contribution >= 4 is 28.4 Å². The van der Waals surface area contributed by atoms with Crippen molar-refractivity contribution in [2.75, 3.05) is 45.1 Å². The minimum absolute atomic E-state index is 0.109. The van der Waals surface area contributed by atoms with Gasteiger partial charge in [0.1, 0.15) is 0 Å². The number of hydrogen-bond donors (Lipinski definition) is 2. The number of piperazine rings is 1. The molecule has 1 fully saturated rings. The molecular weight excluding hydrogens is 302 g/mol. The Balaban J connectivity index is 1.82. The van der Waals surface area contributed by atoms with Crippen LogP contribution in [0.3, 0.4) is 0 Å². The van der Waals surface area contributed by atoms with E-state index in [9.17, 15) is 9.59 Å². The van der Waals surface area contributed by atoms with Crippen LogP contribution in [0.15, 0.2) is 18.0 Å². The fourth-order valence-electron chi connectivity index (χ4n) is 2.04. The Morgan fingerprint density at radius 1 is 1.41 bits per heavy atom. The SMILES string of the molecule is C=CCNC(=O)Cc1csc(NC(=O)N2CCN(C)CC2)n1. The summed E-state index contributed by atoms with van der Waals surface area (Å²) in [7, 11) is 2.04. The molecule has 7 nitrogen and oxygen atoms in total. The molecule has 1 aromatic rings. The van der Waals surface area contributed by atoms with Gasteiger partial charge in [-0.05, 0) is 7.05 Å². The van der Waals surface area contributed by atoms with Crippen LogP contribution in [0.2, 0.25) is 0 Å². The first-order valence-electron chi connectivity index (χ1n) is 7.15. The van der Waals surface area contributed by atoms with Gasteiger partial charge < -0.3 is 15.1 Å². The van der Waals surface area contributed by atoms with Gasteiger partial charge in [-0.2, -0.15) is 0 Å². The number of nitrogens with one attached hydrogen (secondary N) is 2. The van der Waals surface area contributed by atoms with Gasteiger partial charge >= 0.3 is 6.03 Å². The number of aromatic nitrogens is 1. The monoisotopic (exact) mass is 323 g/mol. The fraction of sp³-hybridized carbons (Fsp3) is 0.500. The third-order valence-electron chi connectivity index (χ3n) is 3.34. The van der Waals surface area contributed by atoms with Crippen LogP contribution in [0.5, 0.6) is 0 Å². The van der Waals surface area contributed by atoms with E-state index in [1.54, 1.807) is 16.4 Å². The smallest absolute Gasteiger partial charge is 0.323 e. The molecule has 1 aliphatic rings. The number of anilines is 1. The molecule has 120 valence electrons. The lowest BCUT2D eigenvalue weighted by molar-refractivity contribution is -0.120. The second-order valence-electron chi connectivity index (χ2n) is 5.13. The summed E-state index contributed by atoms with van der Waals surface area (Å²) in [5, 5.41) is 7.79. The molecule has 0 saturated carbocycles.